The van der Waals surface area contributed by atoms with Crippen molar-refractivity contribution in [3.8, 4) is 0 Å². The standard InChI is InChI=1S/C8H14N4O/c1-12(2)7-10-6(13-11-7)8(9)4-3-5-8/h3-5,9H2,1-2H3. The van der Waals surface area contributed by atoms with Crippen molar-refractivity contribution in [3.05, 3.63) is 5.89 Å². The van der Waals surface area contributed by atoms with Gasteiger partial charge in [0.15, 0.2) is 0 Å². The minimum atomic E-state index is -0.346. The zero-order valence-corrected chi connectivity index (χ0v) is 7.95. The third kappa shape index (κ3) is 1.29. The van der Waals surface area contributed by atoms with Crippen molar-refractivity contribution in [2.24, 2.45) is 5.73 Å². The number of aromatic nitrogens is 2. The minimum Gasteiger partial charge on any atom is -0.344 e. The van der Waals surface area contributed by atoms with E-state index in [1.54, 1.807) is 4.90 Å². The van der Waals surface area contributed by atoms with Crippen molar-refractivity contribution in [2.75, 3.05) is 19.0 Å². The van der Waals surface area contributed by atoms with Gasteiger partial charge in [0, 0.05) is 14.1 Å². The molecule has 1 fully saturated rings. The van der Waals surface area contributed by atoms with Crippen LogP contribution in [0.25, 0.3) is 0 Å². The monoisotopic (exact) mass is 182 g/mol. The quantitative estimate of drug-likeness (QED) is 0.720. The van der Waals surface area contributed by atoms with Crippen LogP contribution in [0.1, 0.15) is 25.2 Å². The van der Waals surface area contributed by atoms with E-state index in [-0.39, 0.29) is 5.54 Å². The summed E-state index contributed by atoms with van der Waals surface area (Å²) in [6.45, 7) is 0. The molecule has 0 bridgehead atoms. The molecule has 2 rings (SSSR count). The van der Waals surface area contributed by atoms with Crippen molar-refractivity contribution in [1.29, 1.82) is 0 Å². The fourth-order valence-corrected chi connectivity index (χ4v) is 1.37. The van der Waals surface area contributed by atoms with Gasteiger partial charge in [0.2, 0.25) is 5.89 Å². The summed E-state index contributed by atoms with van der Waals surface area (Å²) in [6, 6.07) is 0. The second-order valence-corrected chi connectivity index (χ2v) is 3.80. The molecule has 1 aliphatic rings. The van der Waals surface area contributed by atoms with Crippen molar-refractivity contribution in [2.45, 2.75) is 24.8 Å². The van der Waals surface area contributed by atoms with Crippen LogP contribution in [-0.4, -0.2) is 24.2 Å². The summed E-state index contributed by atoms with van der Waals surface area (Å²) in [7, 11) is 3.75. The third-order valence-electron chi connectivity index (χ3n) is 2.49. The van der Waals surface area contributed by atoms with Crippen LogP contribution in [-0.2, 0) is 5.54 Å². The number of hydrogen-bond donors (Lipinski definition) is 1. The molecule has 1 aromatic heterocycles. The smallest absolute Gasteiger partial charge is 0.265 e. The fourth-order valence-electron chi connectivity index (χ4n) is 1.37. The fraction of sp³-hybridized carbons (Fsp3) is 0.750. The zero-order chi connectivity index (χ0) is 9.47. The van der Waals surface area contributed by atoms with Crippen LogP contribution in [0.15, 0.2) is 4.52 Å². The predicted molar refractivity (Wildman–Crippen MR) is 48.3 cm³/mol. The van der Waals surface area contributed by atoms with Gasteiger partial charge in [-0.1, -0.05) is 0 Å². The van der Waals surface area contributed by atoms with Gasteiger partial charge in [0.05, 0.1) is 5.54 Å². The molecular formula is C8H14N4O. The molecule has 1 heterocycles. The minimum absolute atomic E-state index is 0.346. The molecule has 0 aliphatic heterocycles. The Morgan fingerprint density at radius 2 is 2.15 bits per heavy atom. The molecule has 0 spiro atoms. The van der Waals surface area contributed by atoms with Crippen LogP contribution in [0, 0.1) is 0 Å². The van der Waals surface area contributed by atoms with Gasteiger partial charge in [0.25, 0.3) is 5.95 Å². The number of nitrogens with zero attached hydrogens (tertiary/aromatic N) is 3. The summed E-state index contributed by atoms with van der Waals surface area (Å²) >= 11 is 0. The molecule has 1 aromatic rings. The van der Waals surface area contributed by atoms with Crippen molar-refractivity contribution in [3.63, 3.8) is 0 Å². The van der Waals surface area contributed by atoms with Gasteiger partial charge in [-0.15, -0.1) is 0 Å². The summed E-state index contributed by atoms with van der Waals surface area (Å²) in [5.41, 5.74) is 5.68. The second-order valence-electron chi connectivity index (χ2n) is 3.80. The van der Waals surface area contributed by atoms with Gasteiger partial charge in [0.1, 0.15) is 0 Å². The number of nitrogens with two attached hydrogens (primary N) is 1. The zero-order valence-electron chi connectivity index (χ0n) is 7.95. The Kier molecular flexibility index (Phi) is 1.76. The Balaban J connectivity index is 2.22. The highest BCUT2D eigenvalue weighted by atomic mass is 16.5. The molecule has 2 N–H and O–H groups in total. The summed E-state index contributed by atoms with van der Waals surface area (Å²) in [6.07, 6.45) is 3.04. The molecule has 5 nitrogen and oxygen atoms in total. The number of anilines is 1. The molecule has 0 saturated heterocycles. The van der Waals surface area contributed by atoms with E-state index in [2.05, 4.69) is 10.1 Å². The van der Waals surface area contributed by atoms with Gasteiger partial charge < -0.3 is 15.2 Å². The first kappa shape index (κ1) is 8.50. The SMILES string of the molecule is CN(C)c1noc(C2(N)CCC2)n1. The molecule has 0 aromatic carbocycles. The van der Waals surface area contributed by atoms with Gasteiger partial charge >= 0.3 is 0 Å². The van der Waals surface area contributed by atoms with E-state index in [0.717, 1.165) is 19.3 Å². The maximum absolute atomic E-state index is 6.02. The molecule has 13 heavy (non-hydrogen) atoms. The molecule has 1 aliphatic carbocycles. The molecule has 5 heteroatoms. The predicted octanol–water partition coefficient (Wildman–Crippen LogP) is 0.473. The lowest BCUT2D eigenvalue weighted by Gasteiger charge is -2.33. The van der Waals surface area contributed by atoms with E-state index >= 15 is 0 Å². The van der Waals surface area contributed by atoms with E-state index in [1.165, 1.54) is 0 Å². The van der Waals surface area contributed by atoms with E-state index in [1.807, 2.05) is 14.1 Å². The Labute approximate surface area is 76.9 Å². The highest BCUT2D eigenvalue weighted by Gasteiger charge is 2.39. The van der Waals surface area contributed by atoms with Gasteiger partial charge in [-0.2, -0.15) is 4.98 Å². The lowest BCUT2D eigenvalue weighted by molar-refractivity contribution is 0.181. The van der Waals surface area contributed by atoms with Crippen LogP contribution in [0.4, 0.5) is 5.95 Å². The normalized spacial score (nSPS) is 19.6. The van der Waals surface area contributed by atoms with Crippen molar-refractivity contribution in [1.82, 2.24) is 10.1 Å². The summed E-state index contributed by atoms with van der Waals surface area (Å²) in [5.74, 6) is 1.16. The topological polar surface area (TPSA) is 68.2 Å². The first-order valence-corrected chi connectivity index (χ1v) is 4.42. The van der Waals surface area contributed by atoms with Crippen LogP contribution in [0.3, 0.4) is 0 Å². The molecule has 0 unspecified atom stereocenters. The Morgan fingerprint density at radius 1 is 1.46 bits per heavy atom. The average molecular weight is 182 g/mol. The molecule has 1 saturated carbocycles. The van der Waals surface area contributed by atoms with Gasteiger partial charge in [-0.05, 0) is 24.4 Å². The third-order valence-corrected chi connectivity index (χ3v) is 2.49. The number of hydrogen-bond acceptors (Lipinski definition) is 5. The van der Waals surface area contributed by atoms with E-state index in [0.29, 0.717) is 11.8 Å². The Bertz CT molecular complexity index is 303. The summed E-state index contributed by atoms with van der Waals surface area (Å²) < 4.78 is 5.11. The van der Waals surface area contributed by atoms with E-state index < -0.39 is 0 Å². The first-order valence-electron chi connectivity index (χ1n) is 4.42. The number of rotatable bonds is 2. The first-order chi connectivity index (χ1) is 6.12. The average Bonchev–Trinajstić information content (AvgIpc) is 2.48. The molecule has 0 atom stereocenters. The van der Waals surface area contributed by atoms with Crippen LogP contribution in [0.5, 0.6) is 0 Å². The highest BCUT2D eigenvalue weighted by Crippen LogP contribution is 2.37. The van der Waals surface area contributed by atoms with Gasteiger partial charge in [-0.3, -0.25) is 0 Å². The van der Waals surface area contributed by atoms with E-state index in [4.69, 9.17) is 10.3 Å². The summed E-state index contributed by atoms with van der Waals surface area (Å²) in [4.78, 5) is 6.03. The van der Waals surface area contributed by atoms with E-state index in [9.17, 15) is 0 Å². The lowest BCUT2D eigenvalue weighted by atomic mass is 9.78. The summed E-state index contributed by atoms with van der Waals surface area (Å²) in [5, 5.41) is 3.82. The highest BCUT2D eigenvalue weighted by molar-refractivity contribution is 5.25. The van der Waals surface area contributed by atoms with Crippen LogP contribution < -0.4 is 10.6 Å². The lowest BCUT2D eigenvalue weighted by Crippen LogP contribution is -2.43. The second kappa shape index (κ2) is 2.70. The largest absolute Gasteiger partial charge is 0.344 e. The van der Waals surface area contributed by atoms with Crippen LogP contribution in [0.2, 0.25) is 0 Å². The molecule has 0 amide bonds. The van der Waals surface area contributed by atoms with Crippen molar-refractivity contribution >= 4 is 5.95 Å². The Hall–Kier alpha value is -1.10. The molecular weight excluding hydrogens is 168 g/mol. The maximum atomic E-state index is 6.02. The van der Waals surface area contributed by atoms with Gasteiger partial charge in [-0.25, -0.2) is 0 Å². The molecule has 0 radical (unpaired) electrons. The van der Waals surface area contributed by atoms with Crippen LogP contribution >= 0.6 is 0 Å². The van der Waals surface area contributed by atoms with Crippen molar-refractivity contribution < 1.29 is 4.52 Å². The Morgan fingerprint density at radius 3 is 2.54 bits per heavy atom. The maximum Gasteiger partial charge on any atom is 0.265 e. The molecule has 72 valence electrons.